The second-order valence-electron chi connectivity index (χ2n) is 4.69. The van der Waals surface area contributed by atoms with E-state index in [9.17, 15) is 9.59 Å². The lowest BCUT2D eigenvalue weighted by Gasteiger charge is -2.31. The van der Waals surface area contributed by atoms with E-state index < -0.39 is 0 Å². The molecule has 2 N–H and O–H groups in total. The largest absolute Gasteiger partial charge is 0.325 e. The summed E-state index contributed by atoms with van der Waals surface area (Å²) in [6.07, 6.45) is 1.62. The van der Waals surface area contributed by atoms with Crippen molar-refractivity contribution in [3.63, 3.8) is 0 Å². The van der Waals surface area contributed by atoms with Gasteiger partial charge in [0.2, 0.25) is 5.91 Å². The normalized spacial score (nSPS) is 16.2. The van der Waals surface area contributed by atoms with Gasteiger partial charge >= 0.3 is 0 Å². The Balaban J connectivity index is 0.00000180. The predicted molar refractivity (Wildman–Crippen MR) is 80.8 cm³/mol. The summed E-state index contributed by atoms with van der Waals surface area (Å²) < 4.78 is 1.88. The molecule has 106 valence electrons. The summed E-state index contributed by atoms with van der Waals surface area (Å²) in [5.41, 5.74) is 0.511. The van der Waals surface area contributed by atoms with E-state index >= 15 is 0 Å². The molecule has 19 heavy (non-hydrogen) atoms. The Morgan fingerprint density at radius 2 is 2.21 bits per heavy atom. The molecule has 0 radical (unpaired) electrons. The number of rotatable bonds is 3. The van der Waals surface area contributed by atoms with E-state index in [4.69, 9.17) is 0 Å². The summed E-state index contributed by atoms with van der Waals surface area (Å²) in [6.45, 7) is 3.72. The van der Waals surface area contributed by atoms with Crippen molar-refractivity contribution in [2.45, 2.75) is 6.92 Å². The van der Waals surface area contributed by atoms with E-state index in [1.165, 1.54) is 4.57 Å². The molecule has 1 aliphatic heterocycles. The minimum Gasteiger partial charge on any atom is -0.325 e. The number of aryl methyl sites for hydroxylation is 1. The first kappa shape index (κ1) is 16.2. The number of aromatic nitrogens is 1. The number of halogens is 2. The smallest absolute Gasteiger partial charge is 0.264 e. The SMILES string of the molecule is CC(C(=O)Nc1cc(Br)c(=O)n(C)c1)C1CNC1.Cl. The Morgan fingerprint density at radius 3 is 2.68 bits per heavy atom. The quantitative estimate of drug-likeness (QED) is 0.865. The Labute approximate surface area is 126 Å². The fraction of sp³-hybridized carbons (Fsp3) is 0.500. The van der Waals surface area contributed by atoms with Gasteiger partial charge in [0.05, 0.1) is 10.2 Å². The first-order valence-electron chi connectivity index (χ1n) is 5.87. The average Bonchev–Trinajstić information content (AvgIpc) is 2.23. The van der Waals surface area contributed by atoms with E-state index in [-0.39, 0.29) is 29.8 Å². The minimum absolute atomic E-state index is 0. The minimum atomic E-state index is -0.121. The zero-order valence-electron chi connectivity index (χ0n) is 10.8. The summed E-state index contributed by atoms with van der Waals surface area (Å²) in [5.74, 6) is 0.371. The number of hydrogen-bond donors (Lipinski definition) is 2. The first-order valence-corrected chi connectivity index (χ1v) is 6.66. The van der Waals surface area contributed by atoms with Gasteiger partial charge in [0, 0.05) is 19.2 Å². The standard InChI is InChI=1S/C12H16BrN3O2.ClH/c1-7(8-4-14-5-8)11(17)15-9-3-10(13)12(18)16(2)6-9;/h3,6-8,14H,4-5H2,1-2H3,(H,15,17);1H. The van der Waals surface area contributed by atoms with E-state index in [1.54, 1.807) is 19.3 Å². The van der Waals surface area contributed by atoms with Crippen LogP contribution < -0.4 is 16.2 Å². The highest BCUT2D eigenvalue weighted by atomic mass is 79.9. The summed E-state index contributed by atoms with van der Waals surface area (Å²) in [5, 5.41) is 6.00. The highest BCUT2D eigenvalue weighted by Gasteiger charge is 2.28. The topological polar surface area (TPSA) is 63.1 Å². The fourth-order valence-corrected chi connectivity index (χ4v) is 2.40. The van der Waals surface area contributed by atoms with Crippen molar-refractivity contribution in [2.75, 3.05) is 18.4 Å². The zero-order valence-corrected chi connectivity index (χ0v) is 13.2. The van der Waals surface area contributed by atoms with Crippen LogP contribution in [0.4, 0.5) is 5.69 Å². The summed E-state index contributed by atoms with van der Waals surface area (Å²) in [7, 11) is 1.65. The highest BCUT2D eigenvalue weighted by Crippen LogP contribution is 2.19. The van der Waals surface area contributed by atoms with Gasteiger partial charge in [0.15, 0.2) is 0 Å². The summed E-state index contributed by atoms with van der Waals surface area (Å²) in [6, 6.07) is 1.63. The molecule has 0 bridgehead atoms. The van der Waals surface area contributed by atoms with Crippen LogP contribution in [0.2, 0.25) is 0 Å². The monoisotopic (exact) mass is 349 g/mol. The maximum atomic E-state index is 12.0. The van der Waals surface area contributed by atoms with Gasteiger partial charge in [0.25, 0.3) is 5.56 Å². The molecule has 1 atom stereocenters. The molecule has 0 aliphatic carbocycles. The van der Waals surface area contributed by atoms with Crippen molar-refractivity contribution in [1.29, 1.82) is 0 Å². The number of anilines is 1. The van der Waals surface area contributed by atoms with Crippen LogP contribution in [0.15, 0.2) is 21.5 Å². The zero-order chi connectivity index (χ0) is 13.3. The number of pyridine rings is 1. The molecule has 0 spiro atoms. The molecule has 0 saturated carbocycles. The van der Waals surface area contributed by atoms with Gasteiger partial charge in [-0.1, -0.05) is 6.92 Å². The third-order valence-corrected chi connectivity index (χ3v) is 3.91. The first-order chi connectivity index (χ1) is 8.49. The van der Waals surface area contributed by atoms with Crippen LogP contribution in [0.1, 0.15) is 6.92 Å². The molecule has 1 aromatic rings. The van der Waals surface area contributed by atoms with Crippen molar-refractivity contribution in [2.24, 2.45) is 18.9 Å². The lowest BCUT2D eigenvalue weighted by Crippen LogP contribution is -2.48. The average molecular weight is 351 g/mol. The van der Waals surface area contributed by atoms with Crippen LogP contribution >= 0.6 is 28.3 Å². The Hall–Kier alpha value is -0.850. The van der Waals surface area contributed by atoms with Crippen molar-refractivity contribution in [3.05, 3.63) is 27.1 Å². The maximum Gasteiger partial charge on any atom is 0.264 e. The molecular formula is C12H17BrClN3O2. The van der Waals surface area contributed by atoms with Crippen molar-refractivity contribution >= 4 is 39.9 Å². The number of carbonyl (C=O) groups excluding carboxylic acids is 1. The third-order valence-electron chi connectivity index (χ3n) is 3.34. The second-order valence-corrected chi connectivity index (χ2v) is 5.54. The van der Waals surface area contributed by atoms with Crippen LogP contribution in [0.5, 0.6) is 0 Å². The van der Waals surface area contributed by atoms with Gasteiger partial charge in [-0.25, -0.2) is 0 Å². The molecule has 1 aliphatic rings. The Kier molecular flexibility index (Phi) is 5.58. The van der Waals surface area contributed by atoms with Gasteiger partial charge < -0.3 is 15.2 Å². The number of carbonyl (C=O) groups is 1. The van der Waals surface area contributed by atoms with E-state index in [1.807, 2.05) is 6.92 Å². The highest BCUT2D eigenvalue weighted by molar-refractivity contribution is 9.10. The molecule has 2 heterocycles. The number of nitrogens with one attached hydrogen (secondary N) is 2. The summed E-state index contributed by atoms with van der Waals surface area (Å²) >= 11 is 3.18. The van der Waals surface area contributed by atoms with Crippen molar-refractivity contribution in [3.8, 4) is 0 Å². The van der Waals surface area contributed by atoms with Gasteiger partial charge in [-0.3, -0.25) is 9.59 Å². The molecule has 0 aromatic carbocycles. The number of hydrogen-bond acceptors (Lipinski definition) is 3. The van der Waals surface area contributed by atoms with Gasteiger partial charge in [-0.2, -0.15) is 0 Å². The maximum absolute atomic E-state index is 12.0. The van der Waals surface area contributed by atoms with Crippen LogP contribution in [0.25, 0.3) is 0 Å². The van der Waals surface area contributed by atoms with Gasteiger partial charge in [-0.15, -0.1) is 12.4 Å². The predicted octanol–water partition coefficient (Wildman–Crippen LogP) is 1.36. The van der Waals surface area contributed by atoms with E-state index in [0.29, 0.717) is 16.1 Å². The lowest BCUT2D eigenvalue weighted by molar-refractivity contribution is -0.121. The molecular weight excluding hydrogens is 334 g/mol. The van der Waals surface area contributed by atoms with Crippen LogP contribution in [0, 0.1) is 11.8 Å². The molecule has 7 heteroatoms. The molecule has 1 unspecified atom stereocenters. The van der Waals surface area contributed by atoms with Gasteiger partial charge in [0.1, 0.15) is 0 Å². The second kappa shape index (κ2) is 6.54. The van der Waals surface area contributed by atoms with E-state index in [2.05, 4.69) is 26.6 Å². The van der Waals surface area contributed by atoms with E-state index in [0.717, 1.165) is 13.1 Å². The van der Waals surface area contributed by atoms with Crippen LogP contribution in [-0.4, -0.2) is 23.6 Å². The summed E-state index contributed by atoms with van der Waals surface area (Å²) in [4.78, 5) is 23.5. The fourth-order valence-electron chi connectivity index (χ4n) is 1.87. The Bertz CT molecular complexity index is 502. The number of nitrogens with zero attached hydrogens (tertiary/aromatic N) is 1. The third kappa shape index (κ3) is 3.58. The molecule has 1 aromatic heterocycles. The molecule has 1 saturated heterocycles. The van der Waals surface area contributed by atoms with Crippen LogP contribution in [-0.2, 0) is 11.8 Å². The molecule has 1 amide bonds. The molecule has 5 nitrogen and oxygen atoms in total. The van der Waals surface area contributed by atoms with Crippen molar-refractivity contribution in [1.82, 2.24) is 9.88 Å². The van der Waals surface area contributed by atoms with Crippen molar-refractivity contribution < 1.29 is 4.79 Å². The lowest BCUT2D eigenvalue weighted by atomic mass is 9.88. The molecule has 2 rings (SSSR count). The van der Waals surface area contributed by atoms with Crippen LogP contribution in [0.3, 0.4) is 0 Å². The molecule has 1 fully saturated rings. The number of amides is 1. The van der Waals surface area contributed by atoms with Gasteiger partial charge in [-0.05, 0) is 41.0 Å². The Morgan fingerprint density at radius 1 is 1.58 bits per heavy atom.